The van der Waals surface area contributed by atoms with E-state index in [2.05, 4.69) is 81.5 Å². The van der Waals surface area contributed by atoms with Crippen LogP contribution in [0.2, 0.25) is 0 Å². The minimum Gasteiger partial charge on any atom is -0.462 e. The van der Waals surface area contributed by atoms with E-state index in [1.54, 1.807) is 0 Å². The van der Waals surface area contributed by atoms with E-state index in [-0.39, 0.29) is 37.5 Å². The SMILES string of the molecule is CCCCC/C=C\C/C=C\C/C=C\CCCCC(=O)O[C@@H](COC(=O)CCCCCCCCCCC/C=C\C/C=C\CCCCC)COC(=O)CCCCCCCCCCCCCCC. The third kappa shape index (κ3) is 51.9. The maximum Gasteiger partial charge on any atom is 0.306 e. The van der Waals surface area contributed by atoms with Crippen molar-refractivity contribution in [2.24, 2.45) is 0 Å². The van der Waals surface area contributed by atoms with Crippen LogP contribution >= 0.6 is 0 Å². The normalized spacial score (nSPS) is 12.5. The molecule has 6 nitrogen and oxygen atoms in total. The topological polar surface area (TPSA) is 78.9 Å². The number of ether oxygens (including phenoxy) is 3. The van der Waals surface area contributed by atoms with E-state index in [1.807, 2.05) is 0 Å². The van der Waals surface area contributed by atoms with Crippen LogP contribution in [0.5, 0.6) is 0 Å². The Bertz CT molecular complexity index is 1180. The van der Waals surface area contributed by atoms with Crippen molar-refractivity contribution < 1.29 is 28.6 Å². The first-order valence-electron chi connectivity index (χ1n) is 27.8. The molecule has 0 bridgehead atoms. The first-order valence-corrected chi connectivity index (χ1v) is 27.8. The molecule has 0 radical (unpaired) electrons. The summed E-state index contributed by atoms with van der Waals surface area (Å²) in [4.78, 5) is 38.1. The lowest BCUT2D eigenvalue weighted by Crippen LogP contribution is -2.30. The van der Waals surface area contributed by atoms with Gasteiger partial charge in [-0.05, 0) is 89.9 Å². The second kappa shape index (κ2) is 53.7. The molecule has 0 aromatic carbocycles. The van der Waals surface area contributed by atoms with Crippen molar-refractivity contribution in [1.29, 1.82) is 0 Å². The van der Waals surface area contributed by atoms with E-state index in [0.29, 0.717) is 19.3 Å². The monoisotopic (exact) mass is 909 g/mol. The predicted octanol–water partition coefficient (Wildman–Crippen LogP) is 18.4. The van der Waals surface area contributed by atoms with Crippen LogP contribution in [-0.4, -0.2) is 37.2 Å². The zero-order valence-corrected chi connectivity index (χ0v) is 43.0. The lowest BCUT2D eigenvalue weighted by molar-refractivity contribution is -0.167. The molecule has 0 heterocycles. The maximum absolute atomic E-state index is 12.8. The summed E-state index contributed by atoms with van der Waals surface area (Å²) < 4.78 is 16.8. The second-order valence-corrected chi connectivity index (χ2v) is 18.5. The molecule has 0 aliphatic carbocycles. The number of carbonyl (C=O) groups excluding carboxylic acids is 3. The molecule has 1 atom stereocenters. The second-order valence-electron chi connectivity index (χ2n) is 18.5. The average molecular weight is 909 g/mol. The van der Waals surface area contributed by atoms with Gasteiger partial charge in [-0.15, -0.1) is 0 Å². The Morgan fingerprint density at radius 3 is 0.923 bits per heavy atom. The maximum atomic E-state index is 12.8. The van der Waals surface area contributed by atoms with Gasteiger partial charge in [-0.1, -0.05) is 229 Å². The lowest BCUT2D eigenvalue weighted by Gasteiger charge is -2.18. The van der Waals surface area contributed by atoms with Crippen molar-refractivity contribution in [2.45, 2.75) is 284 Å². The fourth-order valence-electron chi connectivity index (χ4n) is 7.77. The van der Waals surface area contributed by atoms with Crippen LogP contribution in [0.3, 0.4) is 0 Å². The predicted molar refractivity (Wildman–Crippen MR) is 279 cm³/mol. The molecule has 0 aromatic heterocycles. The van der Waals surface area contributed by atoms with Gasteiger partial charge in [0, 0.05) is 19.3 Å². The van der Waals surface area contributed by atoms with Gasteiger partial charge >= 0.3 is 17.9 Å². The summed E-state index contributed by atoms with van der Waals surface area (Å²) in [5, 5.41) is 0. The molecule has 0 aliphatic rings. The van der Waals surface area contributed by atoms with Crippen molar-refractivity contribution in [3.63, 3.8) is 0 Å². The fourth-order valence-corrected chi connectivity index (χ4v) is 7.77. The quantitative estimate of drug-likeness (QED) is 0.0262. The average Bonchev–Trinajstić information content (AvgIpc) is 3.30. The van der Waals surface area contributed by atoms with E-state index >= 15 is 0 Å². The van der Waals surface area contributed by atoms with Crippen LogP contribution in [0.4, 0.5) is 0 Å². The number of carbonyl (C=O) groups is 3. The molecular formula is C59H104O6. The van der Waals surface area contributed by atoms with E-state index in [9.17, 15) is 14.4 Å². The smallest absolute Gasteiger partial charge is 0.306 e. The molecule has 0 saturated carbocycles. The Hall–Kier alpha value is -2.89. The molecule has 376 valence electrons. The van der Waals surface area contributed by atoms with Crippen LogP contribution in [0, 0.1) is 0 Å². The van der Waals surface area contributed by atoms with Gasteiger partial charge < -0.3 is 14.2 Å². The summed E-state index contributed by atoms with van der Waals surface area (Å²) in [6.45, 7) is 6.57. The number of allylic oxidation sites excluding steroid dienone is 10. The van der Waals surface area contributed by atoms with Crippen LogP contribution in [0.15, 0.2) is 60.8 Å². The van der Waals surface area contributed by atoms with E-state index in [1.165, 1.54) is 161 Å². The molecule has 65 heavy (non-hydrogen) atoms. The van der Waals surface area contributed by atoms with Crippen LogP contribution < -0.4 is 0 Å². The molecule has 0 N–H and O–H groups in total. The highest BCUT2D eigenvalue weighted by atomic mass is 16.6. The van der Waals surface area contributed by atoms with Crippen molar-refractivity contribution in [3.05, 3.63) is 60.8 Å². The van der Waals surface area contributed by atoms with Gasteiger partial charge in [0.15, 0.2) is 6.10 Å². The summed E-state index contributed by atoms with van der Waals surface area (Å²) >= 11 is 0. The zero-order chi connectivity index (χ0) is 47.2. The lowest BCUT2D eigenvalue weighted by atomic mass is 10.0. The third-order valence-corrected chi connectivity index (χ3v) is 12.0. The highest BCUT2D eigenvalue weighted by Crippen LogP contribution is 2.15. The molecule has 0 amide bonds. The number of hydrogen-bond acceptors (Lipinski definition) is 6. The Morgan fingerprint density at radius 2 is 0.554 bits per heavy atom. The van der Waals surface area contributed by atoms with Gasteiger partial charge in [-0.3, -0.25) is 14.4 Å². The van der Waals surface area contributed by atoms with Gasteiger partial charge in [-0.25, -0.2) is 0 Å². The van der Waals surface area contributed by atoms with Crippen molar-refractivity contribution in [3.8, 4) is 0 Å². The summed E-state index contributed by atoms with van der Waals surface area (Å²) in [5.41, 5.74) is 0. The number of hydrogen-bond donors (Lipinski definition) is 0. The summed E-state index contributed by atoms with van der Waals surface area (Å²) in [5.74, 6) is -0.923. The summed E-state index contributed by atoms with van der Waals surface area (Å²) in [7, 11) is 0. The standard InChI is InChI=1S/C59H104O6/c1-4-7-10-13-16-19-22-25-27-28-29-30-32-34-37-40-43-46-49-52-58(61)64-55-56(54-63-57(60)51-48-45-42-39-36-33-24-21-18-15-12-9-6-3)65-59(62)53-50-47-44-41-38-35-31-26-23-20-17-14-11-8-5-2/h16-17,19-20,25-27,31,38,41,56H,4-15,18,21-24,28-30,32-37,39-40,42-55H2,1-3H3/b19-16-,20-17-,27-25-,31-26-,41-38-/t56-/m1/s1. The van der Waals surface area contributed by atoms with Crippen molar-refractivity contribution >= 4 is 17.9 Å². The summed E-state index contributed by atoms with van der Waals surface area (Å²) in [6, 6.07) is 0. The minimum absolute atomic E-state index is 0.0885. The number of esters is 3. The molecule has 6 heteroatoms. The van der Waals surface area contributed by atoms with E-state index in [4.69, 9.17) is 14.2 Å². The van der Waals surface area contributed by atoms with Crippen molar-refractivity contribution in [2.75, 3.05) is 13.2 Å². The van der Waals surface area contributed by atoms with Gasteiger partial charge in [0.05, 0.1) is 0 Å². The molecular weight excluding hydrogens is 805 g/mol. The first kappa shape index (κ1) is 62.1. The largest absolute Gasteiger partial charge is 0.462 e. The molecule has 0 aromatic rings. The summed E-state index contributed by atoms with van der Waals surface area (Å²) in [6.07, 6.45) is 66.3. The first-order chi connectivity index (χ1) is 32.0. The van der Waals surface area contributed by atoms with Gasteiger partial charge in [0.1, 0.15) is 13.2 Å². The van der Waals surface area contributed by atoms with Crippen LogP contribution in [-0.2, 0) is 28.6 Å². The van der Waals surface area contributed by atoms with Gasteiger partial charge in [-0.2, -0.15) is 0 Å². The minimum atomic E-state index is -0.793. The fraction of sp³-hybridized carbons (Fsp3) is 0.780. The van der Waals surface area contributed by atoms with Gasteiger partial charge in [0.2, 0.25) is 0 Å². The highest BCUT2D eigenvalue weighted by Gasteiger charge is 2.19. The van der Waals surface area contributed by atoms with E-state index < -0.39 is 6.10 Å². The third-order valence-electron chi connectivity index (χ3n) is 12.0. The Labute approximate surface area is 402 Å². The number of unbranched alkanes of at least 4 members (excludes halogenated alkanes) is 29. The molecule has 0 unspecified atom stereocenters. The Kier molecular flexibility index (Phi) is 51.3. The zero-order valence-electron chi connectivity index (χ0n) is 43.0. The van der Waals surface area contributed by atoms with E-state index in [0.717, 1.165) is 70.6 Å². The van der Waals surface area contributed by atoms with Crippen molar-refractivity contribution in [1.82, 2.24) is 0 Å². The van der Waals surface area contributed by atoms with Crippen LogP contribution in [0.1, 0.15) is 278 Å². The molecule has 0 fully saturated rings. The Balaban J connectivity index is 4.40. The molecule has 0 rings (SSSR count). The number of rotatable bonds is 50. The highest BCUT2D eigenvalue weighted by molar-refractivity contribution is 5.71. The molecule has 0 aliphatic heterocycles. The molecule has 0 spiro atoms. The van der Waals surface area contributed by atoms with Crippen LogP contribution in [0.25, 0.3) is 0 Å². The molecule has 0 saturated heterocycles. The van der Waals surface area contributed by atoms with Gasteiger partial charge in [0.25, 0.3) is 0 Å². The Morgan fingerprint density at radius 1 is 0.308 bits per heavy atom.